The van der Waals surface area contributed by atoms with E-state index in [-0.39, 0.29) is 11.9 Å². The lowest BCUT2D eigenvalue weighted by Crippen LogP contribution is -2.51. The number of hydrogen-bond acceptors (Lipinski definition) is 2. The molecule has 1 unspecified atom stereocenters. The first-order valence-electron chi connectivity index (χ1n) is 4.92. The molecule has 2 rings (SSSR count). The molecule has 1 atom stereocenters. The van der Waals surface area contributed by atoms with Crippen LogP contribution in [0.3, 0.4) is 0 Å². The summed E-state index contributed by atoms with van der Waals surface area (Å²) in [6, 6.07) is 4.33. The zero-order chi connectivity index (χ0) is 11.7. The van der Waals surface area contributed by atoms with Crippen LogP contribution in [-0.4, -0.2) is 18.4 Å². The fraction of sp³-hybridized carbons (Fsp3) is 0.273. The molecule has 2 amide bonds. The highest BCUT2D eigenvalue weighted by molar-refractivity contribution is 6.35. The van der Waals surface area contributed by atoms with Crippen molar-refractivity contribution >= 4 is 11.8 Å². The fourth-order valence-corrected chi connectivity index (χ4v) is 1.64. The smallest absolute Gasteiger partial charge is 0.309 e. The normalized spacial score (nSPS) is 20.2. The molecule has 5 heteroatoms. The summed E-state index contributed by atoms with van der Waals surface area (Å²) in [5.74, 6) is -1.57. The summed E-state index contributed by atoms with van der Waals surface area (Å²) in [4.78, 5) is 22.0. The van der Waals surface area contributed by atoms with Gasteiger partial charge in [-0.3, -0.25) is 9.59 Å². The molecule has 4 nitrogen and oxygen atoms in total. The molecule has 0 spiro atoms. The number of piperazine rings is 1. The Morgan fingerprint density at radius 1 is 1.31 bits per heavy atom. The summed E-state index contributed by atoms with van der Waals surface area (Å²) < 4.78 is 13.0. The highest BCUT2D eigenvalue weighted by atomic mass is 19.1. The second kappa shape index (κ2) is 3.92. The van der Waals surface area contributed by atoms with Gasteiger partial charge >= 0.3 is 11.8 Å². The number of nitrogens with one attached hydrogen (secondary N) is 2. The van der Waals surface area contributed by atoms with Crippen LogP contribution in [-0.2, 0) is 9.59 Å². The Morgan fingerprint density at radius 3 is 2.69 bits per heavy atom. The number of benzene rings is 1. The average molecular weight is 222 g/mol. The number of aryl methyl sites for hydroxylation is 1. The molecule has 0 radical (unpaired) electrons. The third-order valence-corrected chi connectivity index (χ3v) is 2.56. The van der Waals surface area contributed by atoms with E-state index in [4.69, 9.17) is 0 Å². The highest BCUT2D eigenvalue weighted by Crippen LogP contribution is 2.17. The first-order valence-corrected chi connectivity index (χ1v) is 4.92. The van der Waals surface area contributed by atoms with Crippen LogP contribution in [0.15, 0.2) is 18.2 Å². The average Bonchev–Trinajstić information content (AvgIpc) is 2.26. The van der Waals surface area contributed by atoms with E-state index >= 15 is 0 Å². The van der Waals surface area contributed by atoms with Gasteiger partial charge in [0, 0.05) is 6.54 Å². The predicted octanol–water partition coefficient (Wildman–Crippen LogP) is 0.421. The molecule has 1 aliphatic rings. The monoisotopic (exact) mass is 222 g/mol. The largest absolute Gasteiger partial charge is 0.345 e. The van der Waals surface area contributed by atoms with E-state index < -0.39 is 11.8 Å². The van der Waals surface area contributed by atoms with Gasteiger partial charge in [0.25, 0.3) is 0 Å². The number of carbonyl (C=O) groups excluding carboxylic acids is 2. The molecule has 84 valence electrons. The van der Waals surface area contributed by atoms with E-state index in [2.05, 4.69) is 10.6 Å². The Bertz CT molecular complexity index is 459. The molecule has 1 aromatic rings. The van der Waals surface area contributed by atoms with E-state index in [0.717, 1.165) is 5.56 Å². The van der Waals surface area contributed by atoms with Gasteiger partial charge < -0.3 is 10.6 Å². The van der Waals surface area contributed by atoms with Crippen LogP contribution < -0.4 is 10.6 Å². The number of hydrogen-bond donors (Lipinski definition) is 2. The molecule has 1 aromatic carbocycles. The van der Waals surface area contributed by atoms with E-state index in [1.165, 1.54) is 6.07 Å². The van der Waals surface area contributed by atoms with Crippen molar-refractivity contribution in [1.29, 1.82) is 0 Å². The summed E-state index contributed by atoms with van der Waals surface area (Å²) >= 11 is 0. The van der Waals surface area contributed by atoms with Crippen molar-refractivity contribution in [2.24, 2.45) is 0 Å². The van der Waals surface area contributed by atoms with Gasteiger partial charge in [0.15, 0.2) is 0 Å². The van der Waals surface area contributed by atoms with Crippen LogP contribution in [0.2, 0.25) is 0 Å². The first kappa shape index (κ1) is 10.6. The minimum absolute atomic E-state index is 0.282. The van der Waals surface area contributed by atoms with Crippen molar-refractivity contribution in [3.05, 3.63) is 35.1 Å². The molecule has 1 saturated heterocycles. The highest BCUT2D eigenvalue weighted by Gasteiger charge is 2.25. The molecular weight excluding hydrogens is 211 g/mol. The Hall–Kier alpha value is -1.91. The van der Waals surface area contributed by atoms with E-state index in [1.807, 2.05) is 0 Å². The zero-order valence-corrected chi connectivity index (χ0v) is 8.71. The Labute approximate surface area is 91.8 Å². The third kappa shape index (κ3) is 1.88. The van der Waals surface area contributed by atoms with Crippen LogP contribution in [0, 0.1) is 12.7 Å². The second-order valence-corrected chi connectivity index (χ2v) is 3.74. The molecule has 0 aliphatic carbocycles. The number of amides is 2. The molecule has 1 fully saturated rings. The minimum Gasteiger partial charge on any atom is -0.345 e. The third-order valence-electron chi connectivity index (χ3n) is 2.56. The summed E-state index contributed by atoms with van der Waals surface area (Å²) in [5, 5.41) is 5.03. The minimum atomic E-state index is -0.654. The van der Waals surface area contributed by atoms with Gasteiger partial charge in [-0.15, -0.1) is 0 Å². The second-order valence-electron chi connectivity index (χ2n) is 3.74. The van der Waals surface area contributed by atoms with Gasteiger partial charge in [0.1, 0.15) is 5.82 Å². The summed E-state index contributed by atoms with van der Waals surface area (Å²) in [6.45, 7) is 1.98. The summed E-state index contributed by atoms with van der Waals surface area (Å²) in [6.07, 6.45) is 0. The van der Waals surface area contributed by atoms with Gasteiger partial charge in [-0.2, -0.15) is 0 Å². The van der Waals surface area contributed by atoms with Crippen molar-refractivity contribution in [2.45, 2.75) is 13.0 Å². The number of rotatable bonds is 1. The molecule has 0 saturated carbocycles. The maximum atomic E-state index is 13.0. The van der Waals surface area contributed by atoms with Crippen molar-refractivity contribution in [2.75, 3.05) is 6.54 Å². The van der Waals surface area contributed by atoms with Crippen LogP contribution in [0.4, 0.5) is 4.39 Å². The molecule has 16 heavy (non-hydrogen) atoms. The maximum Gasteiger partial charge on any atom is 0.309 e. The van der Waals surface area contributed by atoms with Crippen LogP contribution >= 0.6 is 0 Å². The number of halogens is 1. The quantitative estimate of drug-likeness (QED) is 0.677. The SMILES string of the molecule is Cc1cc(C2CNC(=O)C(=O)N2)ccc1F. The summed E-state index contributed by atoms with van der Waals surface area (Å²) in [5.41, 5.74) is 1.30. The van der Waals surface area contributed by atoms with Crippen molar-refractivity contribution < 1.29 is 14.0 Å². The Morgan fingerprint density at radius 2 is 2.06 bits per heavy atom. The lowest BCUT2D eigenvalue weighted by atomic mass is 10.0. The lowest BCUT2D eigenvalue weighted by molar-refractivity contribution is -0.141. The molecule has 0 bridgehead atoms. The maximum absolute atomic E-state index is 13.0. The predicted molar refractivity (Wildman–Crippen MR) is 55.0 cm³/mol. The number of carbonyl (C=O) groups is 2. The standard InChI is InChI=1S/C11H11FN2O2/c1-6-4-7(2-3-8(6)12)9-5-13-10(15)11(16)14-9/h2-4,9H,5H2,1H3,(H,13,15)(H,14,16). The van der Waals surface area contributed by atoms with Crippen LogP contribution in [0.1, 0.15) is 17.2 Å². The Balaban J connectivity index is 2.22. The topological polar surface area (TPSA) is 58.2 Å². The summed E-state index contributed by atoms with van der Waals surface area (Å²) in [7, 11) is 0. The lowest BCUT2D eigenvalue weighted by Gasteiger charge is -2.24. The van der Waals surface area contributed by atoms with Crippen LogP contribution in [0.5, 0.6) is 0 Å². The van der Waals surface area contributed by atoms with Gasteiger partial charge in [0.05, 0.1) is 6.04 Å². The Kier molecular flexibility index (Phi) is 2.60. The van der Waals surface area contributed by atoms with Crippen LogP contribution in [0.25, 0.3) is 0 Å². The first-order chi connectivity index (χ1) is 7.58. The van der Waals surface area contributed by atoms with Crippen molar-refractivity contribution in [3.8, 4) is 0 Å². The van der Waals surface area contributed by atoms with Crippen molar-refractivity contribution in [1.82, 2.24) is 10.6 Å². The van der Waals surface area contributed by atoms with Crippen molar-refractivity contribution in [3.63, 3.8) is 0 Å². The fourth-order valence-electron chi connectivity index (χ4n) is 1.64. The molecule has 1 heterocycles. The van der Waals surface area contributed by atoms with E-state index in [9.17, 15) is 14.0 Å². The molecule has 0 aromatic heterocycles. The van der Waals surface area contributed by atoms with E-state index in [0.29, 0.717) is 12.1 Å². The van der Waals surface area contributed by atoms with Gasteiger partial charge in [0.2, 0.25) is 0 Å². The molecule has 1 aliphatic heterocycles. The molecular formula is C11H11FN2O2. The van der Waals surface area contributed by atoms with Gasteiger partial charge in [-0.05, 0) is 24.1 Å². The molecule has 2 N–H and O–H groups in total. The zero-order valence-electron chi connectivity index (χ0n) is 8.71. The van der Waals surface area contributed by atoms with E-state index in [1.54, 1.807) is 19.1 Å². The van der Waals surface area contributed by atoms with Gasteiger partial charge in [-0.25, -0.2) is 4.39 Å². The van der Waals surface area contributed by atoms with Gasteiger partial charge in [-0.1, -0.05) is 12.1 Å².